The molecule has 0 amide bonds. The Morgan fingerprint density at radius 1 is 1.10 bits per heavy atom. The molecule has 1 N–H and O–H groups in total. The third-order valence-electron chi connectivity index (χ3n) is 4.45. The van der Waals surface area contributed by atoms with E-state index in [1.807, 2.05) is 0 Å². The SMILES string of the molecule is CC(C)(C)[C@@H]1CC[C@H](O)[C@H](S(=O)(=O)c2ccccc2)C1. The molecule has 0 bridgehead atoms. The third-order valence-corrected chi connectivity index (χ3v) is 6.68. The summed E-state index contributed by atoms with van der Waals surface area (Å²) in [5, 5.41) is 9.49. The van der Waals surface area contributed by atoms with Gasteiger partial charge in [0.05, 0.1) is 16.2 Å². The van der Waals surface area contributed by atoms with Crippen LogP contribution >= 0.6 is 0 Å². The van der Waals surface area contributed by atoms with Gasteiger partial charge < -0.3 is 5.11 Å². The quantitative estimate of drug-likeness (QED) is 0.912. The van der Waals surface area contributed by atoms with Gasteiger partial charge in [0.1, 0.15) is 0 Å². The van der Waals surface area contributed by atoms with E-state index in [2.05, 4.69) is 20.8 Å². The van der Waals surface area contributed by atoms with Crippen molar-refractivity contribution in [2.75, 3.05) is 0 Å². The van der Waals surface area contributed by atoms with Crippen molar-refractivity contribution in [1.29, 1.82) is 0 Å². The molecule has 3 atom stereocenters. The molecule has 3 nitrogen and oxygen atoms in total. The fraction of sp³-hybridized carbons (Fsp3) is 0.625. The molecule has 1 aromatic carbocycles. The van der Waals surface area contributed by atoms with Crippen molar-refractivity contribution < 1.29 is 13.5 Å². The normalized spacial score (nSPS) is 28.3. The van der Waals surface area contributed by atoms with Crippen molar-refractivity contribution in [3.8, 4) is 0 Å². The van der Waals surface area contributed by atoms with Crippen LogP contribution in [0, 0.1) is 11.3 Å². The summed E-state index contributed by atoms with van der Waals surface area (Å²) < 4.78 is 25.4. The van der Waals surface area contributed by atoms with Crippen LogP contribution in [0.1, 0.15) is 40.0 Å². The molecule has 0 spiro atoms. The average molecular weight is 296 g/mol. The lowest BCUT2D eigenvalue weighted by atomic mass is 9.71. The number of rotatable bonds is 2. The summed E-state index contributed by atoms with van der Waals surface area (Å²) in [4.78, 5) is 0.318. The Kier molecular flexibility index (Phi) is 4.26. The molecule has 4 heteroatoms. The van der Waals surface area contributed by atoms with Gasteiger partial charge in [-0.15, -0.1) is 0 Å². The van der Waals surface area contributed by atoms with E-state index >= 15 is 0 Å². The maximum Gasteiger partial charge on any atom is 0.183 e. The van der Waals surface area contributed by atoms with Crippen molar-refractivity contribution in [2.45, 2.75) is 56.3 Å². The summed E-state index contributed by atoms with van der Waals surface area (Å²) in [7, 11) is -3.45. The summed E-state index contributed by atoms with van der Waals surface area (Å²) in [6.07, 6.45) is 1.25. The van der Waals surface area contributed by atoms with Crippen LogP contribution in [0.2, 0.25) is 0 Å². The molecule has 0 aromatic heterocycles. The van der Waals surface area contributed by atoms with Crippen LogP contribution in [0.4, 0.5) is 0 Å². The Hall–Kier alpha value is -0.870. The van der Waals surface area contributed by atoms with Crippen molar-refractivity contribution in [3.63, 3.8) is 0 Å². The first-order chi connectivity index (χ1) is 9.23. The van der Waals surface area contributed by atoms with E-state index in [-0.39, 0.29) is 5.41 Å². The van der Waals surface area contributed by atoms with Crippen LogP contribution in [0.3, 0.4) is 0 Å². The molecule has 1 aromatic rings. The zero-order chi connectivity index (χ0) is 15.0. The van der Waals surface area contributed by atoms with Gasteiger partial charge in [-0.25, -0.2) is 8.42 Å². The first-order valence-electron chi connectivity index (χ1n) is 7.20. The molecule has 0 radical (unpaired) electrons. The number of benzene rings is 1. The highest BCUT2D eigenvalue weighted by Crippen LogP contribution is 2.41. The topological polar surface area (TPSA) is 54.4 Å². The number of aliphatic hydroxyl groups is 1. The van der Waals surface area contributed by atoms with Crippen LogP contribution in [-0.4, -0.2) is 24.9 Å². The van der Waals surface area contributed by atoms with Gasteiger partial charge in [0.2, 0.25) is 0 Å². The lowest BCUT2D eigenvalue weighted by Gasteiger charge is -2.39. The van der Waals surface area contributed by atoms with Gasteiger partial charge in [0.15, 0.2) is 9.84 Å². The van der Waals surface area contributed by atoms with E-state index in [0.717, 1.165) is 6.42 Å². The molecule has 0 aliphatic heterocycles. The van der Waals surface area contributed by atoms with Crippen molar-refractivity contribution in [1.82, 2.24) is 0 Å². The highest BCUT2D eigenvalue weighted by molar-refractivity contribution is 7.92. The lowest BCUT2D eigenvalue weighted by molar-refractivity contribution is 0.0757. The van der Waals surface area contributed by atoms with E-state index in [9.17, 15) is 13.5 Å². The highest BCUT2D eigenvalue weighted by Gasteiger charge is 2.42. The monoisotopic (exact) mass is 296 g/mol. The maximum absolute atomic E-state index is 12.7. The van der Waals surface area contributed by atoms with Crippen LogP contribution in [0.5, 0.6) is 0 Å². The predicted octanol–water partition coefficient (Wildman–Crippen LogP) is 3.04. The average Bonchev–Trinajstić information content (AvgIpc) is 2.38. The molecular formula is C16H24O3S. The second kappa shape index (κ2) is 5.49. The third kappa shape index (κ3) is 3.07. The van der Waals surface area contributed by atoms with Crippen LogP contribution in [0.15, 0.2) is 35.2 Å². The minimum Gasteiger partial charge on any atom is -0.392 e. The van der Waals surface area contributed by atoms with E-state index < -0.39 is 21.2 Å². The summed E-state index contributed by atoms with van der Waals surface area (Å²) in [5.41, 5.74) is 0.0740. The van der Waals surface area contributed by atoms with Gasteiger partial charge >= 0.3 is 0 Å². The second-order valence-electron chi connectivity index (χ2n) is 6.84. The molecule has 0 unspecified atom stereocenters. The Bertz CT molecular complexity index is 543. The largest absolute Gasteiger partial charge is 0.392 e. The predicted molar refractivity (Wildman–Crippen MR) is 80.2 cm³/mol. The standard InChI is InChI=1S/C16H24O3S/c1-16(2,3)12-9-10-14(17)15(11-12)20(18,19)13-7-5-4-6-8-13/h4-8,12,14-15,17H,9-11H2,1-3H3/t12-,14+,15-/m1/s1. The minimum absolute atomic E-state index is 0.0740. The number of hydrogen-bond donors (Lipinski definition) is 1. The zero-order valence-electron chi connectivity index (χ0n) is 12.4. The number of hydrogen-bond acceptors (Lipinski definition) is 3. The van der Waals surface area contributed by atoms with Gasteiger partial charge in [-0.1, -0.05) is 39.0 Å². The molecule has 2 rings (SSSR count). The molecule has 1 saturated carbocycles. The van der Waals surface area contributed by atoms with Crippen molar-refractivity contribution in [3.05, 3.63) is 30.3 Å². The Balaban J connectivity index is 2.30. The molecule has 0 saturated heterocycles. The first-order valence-corrected chi connectivity index (χ1v) is 8.74. The molecule has 20 heavy (non-hydrogen) atoms. The Labute approximate surface area is 121 Å². The second-order valence-corrected chi connectivity index (χ2v) is 9.01. The van der Waals surface area contributed by atoms with Crippen LogP contribution in [0.25, 0.3) is 0 Å². The van der Waals surface area contributed by atoms with E-state index in [4.69, 9.17) is 0 Å². The van der Waals surface area contributed by atoms with Gasteiger partial charge in [-0.2, -0.15) is 0 Å². The Morgan fingerprint density at radius 3 is 2.25 bits per heavy atom. The minimum atomic E-state index is -3.45. The van der Waals surface area contributed by atoms with Crippen molar-refractivity contribution in [2.24, 2.45) is 11.3 Å². The van der Waals surface area contributed by atoms with Gasteiger partial charge in [0.25, 0.3) is 0 Å². The maximum atomic E-state index is 12.7. The molecule has 112 valence electrons. The summed E-state index contributed by atoms with van der Waals surface area (Å²) in [5.74, 6) is 0.328. The fourth-order valence-corrected chi connectivity index (χ4v) is 4.94. The van der Waals surface area contributed by atoms with Gasteiger partial charge in [-0.05, 0) is 42.7 Å². The fourth-order valence-electron chi connectivity index (χ4n) is 3.02. The lowest BCUT2D eigenvalue weighted by Crippen LogP contribution is -2.42. The summed E-state index contributed by atoms with van der Waals surface area (Å²) in [6.45, 7) is 6.42. The number of sulfone groups is 1. The smallest absolute Gasteiger partial charge is 0.183 e. The van der Waals surface area contributed by atoms with Crippen LogP contribution in [-0.2, 0) is 9.84 Å². The first kappa shape index (κ1) is 15.5. The van der Waals surface area contributed by atoms with Crippen molar-refractivity contribution >= 4 is 9.84 Å². The molecule has 1 aliphatic carbocycles. The van der Waals surface area contributed by atoms with Gasteiger partial charge in [-0.3, -0.25) is 0 Å². The van der Waals surface area contributed by atoms with E-state index in [1.54, 1.807) is 30.3 Å². The highest BCUT2D eigenvalue weighted by atomic mass is 32.2. The van der Waals surface area contributed by atoms with E-state index in [1.165, 1.54) is 0 Å². The molecular weight excluding hydrogens is 272 g/mol. The molecule has 1 aliphatic rings. The number of aliphatic hydroxyl groups excluding tert-OH is 1. The van der Waals surface area contributed by atoms with E-state index in [0.29, 0.717) is 23.7 Å². The van der Waals surface area contributed by atoms with Gasteiger partial charge in [0, 0.05) is 0 Å². The summed E-state index contributed by atoms with van der Waals surface area (Å²) in [6, 6.07) is 8.48. The van der Waals surface area contributed by atoms with Crippen LogP contribution < -0.4 is 0 Å². The zero-order valence-corrected chi connectivity index (χ0v) is 13.2. The summed E-state index contributed by atoms with van der Waals surface area (Å²) >= 11 is 0. The molecule has 0 heterocycles. The Morgan fingerprint density at radius 2 is 1.70 bits per heavy atom. The molecule has 1 fully saturated rings.